The second kappa shape index (κ2) is 6.40. The van der Waals surface area contributed by atoms with Gasteiger partial charge in [-0.05, 0) is 39.2 Å². The first kappa shape index (κ1) is 20.2. The minimum absolute atomic E-state index is 0.202. The summed E-state index contributed by atoms with van der Waals surface area (Å²) < 4.78 is 7.47. The van der Waals surface area contributed by atoms with E-state index < -0.39 is 0 Å². The number of ether oxygens (including phenoxy) is 1. The first-order chi connectivity index (χ1) is 16.9. The molecule has 178 valence electrons. The van der Waals surface area contributed by atoms with Crippen molar-refractivity contribution in [2.45, 2.75) is 62.7 Å². The van der Waals surface area contributed by atoms with Crippen molar-refractivity contribution in [3.63, 3.8) is 0 Å². The van der Waals surface area contributed by atoms with Crippen LogP contribution in [0.5, 0.6) is 0 Å². The third-order valence-electron chi connectivity index (χ3n) is 9.52. The largest absolute Gasteiger partial charge is 0.377 e. The Bertz CT molecular complexity index is 1430. The maximum Gasteiger partial charge on any atom is 0.264 e. The lowest BCUT2D eigenvalue weighted by molar-refractivity contribution is -0.136. The van der Waals surface area contributed by atoms with Crippen molar-refractivity contribution < 1.29 is 4.74 Å². The fourth-order valence-corrected chi connectivity index (χ4v) is 7.24. The Morgan fingerprint density at radius 3 is 2.57 bits per heavy atom. The molecule has 3 aliphatic heterocycles. The average Bonchev–Trinajstić information content (AvgIpc) is 3.52. The Hall–Kier alpha value is -3.02. The predicted molar refractivity (Wildman–Crippen MR) is 131 cm³/mol. The Balaban J connectivity index is 1.14. The van der Waals surface area contributed by atoms with Gasteiger partial charge in [0.2, 0.25) is 0 Å². The van der Waals surface area contributed by atoms with Gasteiger partial charge in [-0.25, -0.2) is 21.2 Å². The number of piperazine rings is 1. The first-order valence-corrected chi connectivity index (χ1v) is 12.8. The van der Waals surface area contributed by atoms with Crippen LogP contribution in [-0.2, 0) is 10.3 Å². The average molecular weight is 468 g/mol. The summed E-state index contributed by atoms with van der Waals surface area (Å²) in [6, 6.07) is 9.55. The van der Waals surface area contributed by atoms with Crippen LogP contribution in [0.3, 0.4) is 0 Å². The van der Waals surface area contributed by atoms with E-state index in [0.717, 1.165) is 66.7 Å². The summed E-state index contributed by atoms with van der Waals surface area (Å²) in [6.45, 7) is 16.0. The number of aryl methyl sites for hydroxylation is 1. The van der Waals surface area contributed by atoms with Crippen molar-refractivity contribution in [2.24, 2.45) is 5.41 Å². The molecule has 2 bridgehead atoms. The summed E-state index contributed by atoms with van der Waals surface area (Å²) in [7, 11) is 0. The van der Waals surface area contributed by atoms with Crippen LogP contribution in [-0.4, -0.2) is 68.6 Å². The molecule has 0 radical (unpaired) electrons. The molecule has 3 aromatic rings. The number of aromatic nitrogens is 4. The summed E-state index contributed by atoms with van der Waals surface area (Å²) in [4.78, 5) is 18.9. The minimum Gasteiger partial charge on any atom is -0.377 e. The number of benzene rings is 1. The van der Waals surface area contributed by atoms with Crippen LogP contribution in [0.1, 0.15) is 44.0 Å². The van der Waals surface area contributed by atoms with Crippen LogP contribution in [0, 0.1) is 18.9 Å². The summed E-state index contributed by atoms with van der Waals surface area (Å²) >= 11 is 0. The van der Waals surface area contributed by atoms with Gasteiger partial charge >= 0.3 is 0 Å². The highest BCUT2D eigenvalue weighted by atomic mass is 16.5. The lowest BCUT2D eigenvalue weighted by atomic mass is 9.96. The van der Waals surface area contributed by atoms with E-state index >= 15 is 0 Å². The van der Waals surface area contributed by atoms with Gasteiger partial charge < -0.3 is 14.5 Å². The van der Waals surface area contributed by atoms with E-state index in [9.17, 15) is 0 Å². The number of rotatable bonds is 4. The Morgan fingerprint density at radius 1 is 1.09 bits per heavy atom. The quantitative estimate of drug-likeness (QED) is 0.548. The van der Waals surface area contributed by atoms with Crippen molar-refractivity contribution in [3.8, 4) is 5.82 Å². The van der Waals surface area contributed by atoms with Crippen LogP contribution in [0.25, 0.3) is 21.6 Å². The van der Waals surface area contributed by atoms with Crippen LogP contribution in [0.4, 0.5) is 5.82 Å². The van der Waals surface area contributed by atoms with Crippen molar-refractivity contribution in [2.75, 3.05) is 31.2 Å². The maximum absolute atomic E-state index is 7.92. The SMILES string of the molecule is [C-]#[N+][C@@]1(c2ccc3cnn(-c4cc(N5C[C@@H]6C[C@H]5CN6C5(C)COC5)nc(C)n4)c3c2)CC12CC2. The van der Waals surface area contributed by atoms with E-state index in [1.165, 1.54) is 19.3 Å². The van der Waals surface area contributed by atoms with Crippen molar-refractivity contribution in [1.82, 2.24) is 24.6 Å². The smallest absolute Gasteiger partial charge is 0.264 e. The molecule has 8 rings (SSSR count). The number of likely N-dealkylation sites (tertiary alicyclic amines) is 1. The molecule has 5 heterocycles. The molecule has 5 fully saturated rings. The zero-order valence-corrected chi connectivity index (χ0v) is 20.2. The van der Waals surface area contributed by atoms with E-state index in [1.54, 1.807) is 0 Å². The number of nitrogens with zero attached hydrogens (tertiary/aromatic N) is 7. The zero-order valence-electron chi connectivity index (χ0n) is 20.2. The highest BCUT2D eigenvalue weighted by Gasteiger charge is 2.82. The monoisotopic (exact) mass is 467 g/mol. The van der Waals surface area contributed by atoms with E-state index in [2.05, 4.69) is 45.8 Å². The van der Waals surface area contributed by atoms with Gasteiger partial charge in [-0.3, -0.25) is 4.90 Å². The molecule has 5 aliphatic rings. The molecule has 2 aromatic heterocycles. The summed E-state index contributed by atoms with van der Waals surface area (Å²) in [5, 5.41) is 5.79. The Kier molecular flexibility index (Phi) is 3.69. The second-order valence-corrected chi connectivity index (χ2v) is 11.7. The highest BCUT2D eigenvalue weighted by molar-refractivity contribution is 5.81. The summed E-state index contributed by atoms with van der Waals surface area (Å²) in [6.07, 6.45) is 6.45. The number of anilines is 1. The minimum atomic E-state index is -0.328. The van der Waals surface area contributed by atoms with Gasteiger partial charge in [0.05, 0.1) is 35.9 Å². The van der Waals surface area contributed by atoms with E-state index in [1.807, 2.05) is 17.8 Å². The lowest BCUT2D eigenvalue weighted by Gasteiger charge is -2.50. The number of hydrogen-bond donors (Lipinski definition) is 0. The summed E-state index contributed by atoms with van der Waals surface area (Å²) in [5.41, 5.74) is 2.27. The van der Waals surface area contributed by atoms with Crippen LogP contribution >= 0.6 is 0 Å². The molecule has 1 aromatic carbocycles. The molecule has 1 spiro atoms. The highest BCUT2D eigenvalue weighted by Crippen LogP contribution is 2.79. The van der Waals surface area contributed by atoms with Gasteiger partial charge in [0, 0.05) is 48.6 Å². The second-order valence-electron chi connectivity index (χ2n) is 11.7. The van der Waals surface area contributed by atoms with Gasteiger partial charge in [0.1, 0.15) is 11.6 Å². The molecule has 0 N–H and O–H groups in total. The van der Waals surface area contributed by atoms with Gasteiger partial charge in [0.15, 0.2) is 5.82 Å². The Labute approximate surface area is 204 Å². The molecule has 2 aliphatic carbocycles. The Morgan fingerprint density at radius 2 is 1.91 bits per heavy atom. The third-order valence-corrected chi connectivity index (χ3v) is 9.52. The van der Waals surface area contributed by atoms with Crippen molar-refractivity contribution in [1.29, 1.82) is 0 Å². The molecular formula is C27H29N7O. The summed E-state index contributed by atoms with van der Waals surface area (Å²) in [5.74, 6) is 2.55. The van der Waals surface area contributed by atoms with Gasteiger partial charge in [-0.1, -0.05) is 12.1 Å². The van der Waals surface area contributed by atoms with E-state index in [0.29, 0.717) is 12.1 Å². The van der Waals surface area contributed by atoms with Crippen LogP contribution in [0.2, 0.25) is 0 Å². The lowest BCUT2D eigenvalue weighted by Crippen LogP contribution is -2.64. The van der Waals surface area contributed by atoms with Gasteiger partial charge in [-0.15, -0.1) is 0 Å². The fourth-order valence-electron chi connectivity index (χ4n) is 7.24. The van der Waals surface area contributed by atoms with Crippen LogP contribution < -0.4 is 4.90 Å². The molecule has 8 heteroatoms. The standard InChI is InChI=1S/C27H29N7O/c1-17-30-23(32-12-21-9-20(32)13-33(21)25(2)15-35-16-25)10-24(31-17)34-22-8-19(5-4-18(22)11-29-34)27(28-3)14-26(27)6-7-26/h4-5,8,10-11,20-21H,6-7,9,12-16H2,1-2H3/t20-,21-,27+/m0/s1. The predicted octanol–water partition coefficient (Wildman–Crippen LogP) is 3.47. The molecule has 3 atom stereocenters. The molecule has 3 saturated heterocycles. The maximum atomic E-state index is 7.92. The van der Waals surface area contributed by atoms with E-state index in [-0.39, 0.29) is 16.5 Å². The molecular weight excluding hydrogens is 438 g/mol. The zero-order chi connectivity index (χ0) is 23.6. The number of hydrogen-bond acceptors (Lipinski definition) is 6. The molecule has 35 heavy (non-hydrogen) atoms. The van der Waals surface area contributed by atoms with Crippen molar-refractivity contribution in [3.05, 3.63) is 53.3 Å². The normalized spacial score (nSPS) is 31.6. The molecule has 0 unspecified atom stereocenters. The first-order valence-electron chi connectivity index (χ1n) is 12.8. The van der Waals surface area contributed by atoms with Gasteiger partial charge in [-0.2, -0.15) is 5.10 Å². The fraction of sp³-hybridized carbons (Fsp3) is 0.556. The van der Waals surface area contributed by atoms with E-state index in [4.69, 9.17) is 26.4 Å². The van der Waals surface area contributed by atoms with Gasteiger partial charge in [0.25, 0.3) is 5.54 Å². The molecule has 0 amide bonds. The number of fused-ring (bicyclic) bond motifs is 3. The molecule has 2 saturated carbocycles. The third kappa shape index (κ3) is 2.60. The molecule has 8 nitrogen and oxygen atoms in total. The van der Waals surface area contributed by atoms with Crippen LogP contribution in [0.15, 0.2) is 30.5 Å². The topological polar surface area (TPSA) is 63.7 Å². The van der Waals surface area contributed by atoms with Crippen molar-refractivity contribution >= 4 is 16.7 Å².